The van der Waals surface area contributed by atoms with E-state index in [2.05, 4.69) is 9.97 Å². The van der Waals surface area contributed by atoms with Gasteiger partial charge in [0.1, 0.15) is 6.33 Å². The SMILES string of the molecule is Cc1ccccc1CSc1ncnc(N)c1[N+](=O)[O-]. The lowest BCUT2D eigenvalue weighted by molar-refractivity contribution is -0.387. The van der Waals surface area contributed by atoms with Crippen LogP contribution in [0.4, 0.5) is 11.5 Å². The molecule has 0 radical (unpaired) electrons. The van der Waals surface area contributed by atoms with Crippen LogP contribution in [0.5, 0.6) is 0 Å². The number of rotatable bonds is 4. The molecule has 0 atom stereocenters. The molecule has 2 rings (SSSR count). The van der Waals surface area contributed by atoms with Crippen LogP contribution in [0.25, 0.3) is 0 Å². The average Bonchev–Trinajstić information content (AvgIpc) is 2.37. The Balaban J connectivity index is 2.23. The summed E-state index contributed by atoms with van der Waals surface area (Å²) < 4.78 is 0. The molecule has 6 nitrogen and oxygen atoms in total. The van der Waals surface area contributed by atoms with Crippen LogP contribution in [0.15, 0.2) is 35.6 Å². The molecule has 0 amide bonds. The fourth-order valence-electron chi connectivity index (χ4n) is 1.57. The van der Waals surface area contributed by atoms with Gasteiger partial charge < -0.3 is 5.73 Å². The maximum atomic E-state index is 11.0. The Hall–Kier alpha value is -2.15. The summed E-state index contributed by atoms with van der Waals surface area (Å²) in [5, 5.41) is 11.2. The van der Waals surface area contributed by atoms with E-state index in [1.165, 1.54) is 18.1 Å². The van der Waals surface area contributed by atoms with Crippen LogP contribution in [0, 0.1) is 17.0 Å². The number of benzene rings is 1. The Kier molecular flexibility index (Phi) is 3.96. The van der Waals surface area contributed by atoms with Gasteiger partial charge in [0.15, 0.2) is 5.03 Å². The first-order valence-corrected chi connectivity index (χ1v) is 6.50. The summed E-state index contributed by atoms with van der Waals surface area (Å²) in [6.45, 7) is 2.00. The molecule has 7 heteroatoms. The summed E-state index contributed by atoms with van der Waals surface area (Å²) >= 11 is 1.28. The maximum absolute atomic E-state index is 11.0. The number of nitrogens with zero attached hydrogens (tertiary/aromatic N) is 3. The number of anilines is 1. The summed E-state index contributed by atoms with van der Waals surface area (Å²) in [6, 6.07) is 7.87. The van der Waals surface area contributed by atoms with Crippen LogP contribution in [0.2, 0.25) is 0 Å². The Bertz CT molecular complexity index is 618. The van der Waals surface area contributed by atoms with E-state index >= 15 is 0 Å². The number of thioether (sulfide) groups is 1. The Morgan fingerprint density at radius 3 is 2.79 bits per heavy atom. The van der Waals surface area contributed by atoms with E-state index in [9.17, 15) is 10.1 Å². The highest BCUT2D eigenvalue weighted by molar-refractivity contribution is 7.98. The first-order valence-electron chi connectivity index (χ1n) is 5.51. The molecule has 1 heterocycles. The monoisotopic (exact) mass is 276 g/mol. The summed E-state index contributed by atoms with van der Waals surface area (Å²) in [5.41, 5.74) is 7.54. The van der Waals surface area contributed by atoms with E-state index in [0.717, 1.165) is 11.1 Å². The van der Waals surface area contributed by atoms with Crippen molar-refractivity contribution in [2.24, 2.45) is 0 Å². The molecule has 98 valence electrons. The van der Waals surface area contributed by atoms with E-state index in [1.54, 1.807) is 0 Å². The third-order valence-electron chi connectivity index (χ3n) is 2.63. The van der Waals surface area contributed by atoms with E-state index < -0.39 is 4.92 Å². The Morgan fingerprint density at radius 1 is 1.37 bits per heavy atom. The average molecular weight is 276 g/mol. The van der Waals surface area contributed by atoms with Gasteiger partial charge in [-0.3, -0.25) is 10.1 Å². The standard InChI is InChI=1S/C12H12N4O2S/c1-8-4-2-3-5-9(8)6-19-12-10(16(17)18)11(13)14-7-15-12/h2-5,7H,6H2,1H3,(H2,13,14,15). The van der Waals surface area contributed by atoms with Crippen molar-refractivity contribution in [1.82, 2.24) is 9.97 Å². The third kappa shape index (κ3) is 3.00. The van der Waals surface area contributed by atoms with Crippen molar-refractivity contribution < 1.29 is 4.92 Å². The largest absolute Gasteiger partial charge is 0.378 e. The molecule has 0 unspecified atom stereocenters. The van der Waals surface area contributed by atoms with Crippen LogP contribution in [-0.2, 0) is 5.75 Å². The van der Waals surface area contributed by atoms with Crippen LogP contribution in [0.1, 0.15) is 11.1 Å². The smallest absolute Gasteiger partial charge is 0.343 e. The van der Waals surface area contributed by atoms with Gasteiger partial charge in [0.2, 0.25) is 5.82 Å². The fourth-order valence-corrected chi connectivity index (χ4v) is 2.62. The highest BCUT2D eigenvalue weighted by atomic mass is 32.2. The highest BCUT2D eigenvalue weighted by Crippen LogP contribution is 2.32. The molecule has 0 saturated heterocycles. The molecule has 1 aromatic heterocycles. The van der Waals surface area contributed by atoms with Gasteiger partial charge in [0.05, 0.1) is 4.92 Å². The number of aromatic nitrogens is 2. The predicted molar refractivity (Wildman–Crippen MR) is 73.8 cm³/mol. The molecule has 0 spiro atoms. The molecular formula is C12H12N4O2S. The van der Waals surface area contributed by atoms with Crippen molar-refractivity contribution in [3.8, 4) is 0 Å². The molecule has 2 aromatic rings. The van der Waals surface area contributed by atoms with Crippen molar-refractivity contribution in [3.63, 3.8) is 0 Å². The van der Waals surface area contributed by atoms with Gasteiger partial charge >= 0.3 is 5.69 Å². The quantitative estimate of drug-likeness (QED) is 0.399. The van der Waals surface area contributed by atoms with Gasteiger partial charge in [-0.05, 0) is 18.1 Å². The number of nitrogens with two attached hydrogens (primary N) is 1. The first-order chi connectivity index (χ1) is 9.09. The summed E-state index contributed by atoms with van der Waals surface area (Å²) in [5.74, 6) is 0.497. The summed E-state index contributed by atoms with van der Waals surface area (Å²) in [4.78, 5) is 18.0. The topological polar surface area (TPSA) is 94.9 Å². The molecule has 0 aliphatic heterocycles. The minimum Gasteiger partial charge on any atom is -0.378 e. The van der Waals surface area contributed by atoms with Gasteiger partial charge in [0, 0.05) is 5.75 Å². The molecule has 0 aliphatic rings. The molecule has 0 fully saturated rings. The summed E-state index contributed by atoms with van der Waals surface area (Å²) in [6.07, 6.45) is 1.24. The maximum Gasteiger partial charge on any atom is 0.343 e. The van der Waals surface area contributed by atoms with Gasteiger partial charge in [-0.2, -0.15) is 0 Å². The van der Waals surface area contributed by atoms with Gasteiger partial charge in [-0.1, -0.05) is 36.0 Å². The second-order valence-corrected chi connectivity index (χ2v) is 4.85. The Labute approximate surface area is 114 Å². The molecule has 19 heavy (non-hydrogen) atoms. The number of hydrogen-bond donors (Lipinski definition) is 1. The normalized spacial score (nSPS) is 10.4. The van der Waals surface area contributed by atoms with Crippen molar-refractivity contribution in [2.75, 3.05) is 5.73 Å². The van der Waals surface area contributed by atoms with Crippen molar-refractivity contribution in [2.45, 2.75) is 17.7 Å². The number of nitro groups is 1. The minimum atomic E-state index is -0.546. The van der Waals surface area contributed by atoms with Crippen LogP contribution in [0.3, 0.4) is 0 Å². The molecule has 0 bridgehead atoms. The first kappa shape index (κ1) is 13.3. The molecule has 1 aromatic carbocycles. The minimum absolute atomic E-state index is 0.104. The van der Waals surface area contributed by atoms with E-state index in [0.29, 0.717) is 10.8 Å². The number of hydrogen-bond acceptors (Lipinski definition) is 6. The van der Waals surface area contributed by atoms with Gasteiger partial charge in [0.25, 0.3) is 0 Å². The lowest BCUT2D eigenvalue weighted by Gasteiger charge is -2.05. The van der Waals surface area contributed by atoms with Gasteiger partial charge in [-0.25, -0.2) is 9.97 Å². The van der Waals surface area contributed by atoms with Crippen molar-refractivity contribution >= 4 is 23.3 Å². The van der Waals surface area contributed by atoms with E-state index in [1.807, 2.05) is 31.2 Å². The Morgan fingerprint density at radius 2 is 2.11 bits per heavy atom. The van der Waals surface area contributed by atoms with Crippen molar-refractivity contribution in [1.29, 1.82) is 0 Å². The highest BCUT2D eigenvalue weighted by Gasteiger charge is 2.21. The second kappa shape index (κ2) is 5.66. The second-order valence-electron chi connectivity index (χ2n) is 3.88. The summed E-state index contributed by atoms with van der Waals surface area (Å²) in [7, 11) is 0. The third-order valence-corrected chi connectivity index (χ3v) is 3.65. The zero-order chi connectivity index (χ0) is 13.8. The lowest BCUT2D eigenvalue weighted by Crippen LogP contribution is -2.02. The van der Waals surface area contributed by atoms with E-state index in [4.69, 9.17) is 5.73 Å². The molecule has 0 aliphatic carbocycles. The molecular weight excluding hydrogens is 264 g/mol. The van der Waals surface area contributed by atoms with Crippen LogP contribution < -0.4 is 5.73 Å². The molecule has 2 N–H and O–H groups in total. The van der Waals surface area contributed by atoms with Gasteiger partial charge in [-0.15, -0.1) is 0 Å². The fraction of sp³-hybridized carbons (Fsp3) is 0.167. The molecule has 0 saturated carbocycles. The van der Waals surface area contributed by atoms with Crippen LogP contribution in [-0.4, -0.2) is 14.9 Å². The van der Waals surface area contributed by atoms with E-state index in [-0.39, 0.29) is 11.5 Å². The lowest BCUT2D eigenvalue weighted by atomic mass is 10.1. The number of nitrogen functional groups attached to an aromatic ring is 1. The number of aryl methyl sites for hydroxylation is 1. The van der Waals surface area contributed by atoms with Crippen LogP contribution >= 0.6 is 11.8 Å². The predicted octanol–water partition coefficient (Wildman–Crippen LogP) is 2.57. The zero-order valence-corrected chi connectivity index (χ0v) is 11.1. The zero-order valence-electron chi connectivity index (χ0n) is 10.2. The van der Waals surface area contributed by atoms with Crippen molar-refractivity contribution in [3.05, 3.63) is 51.8 Å².